The molecule has 0 unspecified atom stereocenters. The number of carbonyl (C=O) groups excluding carboxylic acids is 1. The fourth-order valence-electron chi connectivity index (χ4n) is 1.45. The van der Waals surface area contributed by atoms with Crippen LogP contribution >= 0.6 is 0 Å². The molecule has 3 heteroatoms. The van der Waals surface area contributed by atoms with Crippen LogP contribution in [0.15, 0.2) is 24.3 Å². The highest BCUT2D eigenvalue weighted by Gasteiger charge is 2.07. The molecular weight excluding hydrogens is 188 g/mol. The van der Waals surface area contributed by atoms with Crippen molar-refractivity contribution in [3.05, 3.63) is 35.4 Å². The van der Waals surface area contributed by atoms with E-state index in [2.05, 4.69) is 5.32 Å². The van der Waals surface area contributed by atoms with Crippen LogP contribution in [0.4, 0.5) is 0 Å². The first-order valence-corrected chi connectivity index (χ1v) is 5.35. The van der Waals surface area contributed by atoms with E-state index < -0.39 is 0 Å². The van der Waals surface area contributed by atoms with E-state index >= 15 is 0 Å². The molecule has 0 spiro atoms. The molecule has 3 nitrogen and oxygen atoms in total. The fraction of sp³-hybridized carbons (Fsp3) is 0.417. The summed E-state index contributed by atoms with van der Waals surface area (Å²) in [5, 5.41) is 2.86. The van der Waals surface area contributed by atoms with Gasteiger partial charge in [-0.05, 0) is 31.0 Å². The van der Waals surface area contributed by atoms with Gasteiger partial charge in [-0.1, -0.05) is 25.1 Å². The lowest BCUT2D eigenvalue weighted by Gasteiger charge is -2.07. The van der Waals surface area contributed by atoms with E-state index in [9.17, 15) is 4.79 Å². The molecule has 0 radical (unpaired) electrons. The van der Waals surface area contributed by atoms with E-state index in [4.69, 9.17) is 5.73 Å². The van der Waals surface area contributed by atoms with E-state index in [-0.39, 0.29) is 5.91 Å². The van der Waals surface area contributed by atoms with Gasteiger partial charge in [-0.15, -0.1) is 0 Å². The minimum Gasteiger partial charge on any atom is -0.352 e. The summed E-state index contributed by atoms with van der Waals surface area (Å²) in [6, 6.07) is 7.68. The molecule has 0 atom stereocenters. The lowest BCUT2D eigenvalue weighted by molar-refractivity contribution is 0.0952. The molecule has 15 heavy (non-hydrogen) atoms. The van der Waals surface area contributed by atoms with Crippen LogP contribution in [0.5, 0.6) is 0 Å². The number of aryl methyl sites for hydroxylation is 1. The molecule has 3 N–H and O–H groups in total. The first-order valence-electron chi connectivity index (χ1n) is 5.35. The third-order valence-electron chi connectivity index (χ3n) is 2.31. The molecule has 0 heterocycles. The number of hydrogen-bond acceptors (Lipinski definition) is 2. The first kappa shape index (κ1) is 11.7. The van der Waals surface area contributed by atoms with Crippen molar-refractivity contribution in [2.24, 2.45) is 5.73 Å². The molecule has 1 aromatic carbocycles. The van der Waals surface area contributed by atoms with Crippen molar-refractivity contribution in [1.82, 2.24) is 5.32 Å². The summed E-state index contributed by atoms with van der Waals surface area (Å²) < 4.78 is 0. The maximum Gasteiger partial charge on any atom is 0.251 e. The lowest BCUT2D eigenvalue weighted by Crippen LogP contribution is -2.26. The molecule has 1 amide bonds. The van der Waals surface area contributed by atoms with Gasteiger partial charge in [0, 0.05) is 12.1 Å². The van der Waals surface area contributed by atoms with Crippen LogP contribution in [0.25, 0.3) is 0 Å². The maximum absolute atomic E-state index is 11.7. The van der Waals surface area contributed by atoms with E-state index in [1.54, 1.807) is 0 Å². The average Bonchev–Trinajstić information content (AvgIpc) is 2.29. The number of amides is 1. The number of benzene rings is 1. The molecular formula is C12H18N2O. The molecule has 0 saturated heterocycles. The van der Waals surface area contributed by atoms with Crippen molar-refractivity contribution in [2.45, 2.75) is 19.8 Å². The molecule has 0 fully saturated rings. The Morgan fingerprint density at radius 1 is 1.40 bits per heavy atom. The zero-order valence-corrected chi connectivity index (χ0v) is 9.12. The van der Waals surface area contributed by atoms with Gasteiger partial charge in [0.15, 0.2) is 0 Å². The summed E-state index contributed by atoms with van der Waals surface area (Å²) in [5.41, 5.74) is 7.22. The summed E-state index contributed by atoms with van der Waals surface area (Å²) in [6.45, 7) is 3.30. The zero-order chi connectivity index (χ0) is 11.1. The van der Waals surface area contributed by atoms with Crippen molar-refractivity contribution in [3.8, 4) is 0 Å². The smallest absolute Gasteiger partial charge is 0.251 e. The number of hydrogen-bond donors (Lipinski definition) is 2. The van der Waals surface area contributed by atoms with Crippen LogP contribution in [-0.2, 0) is 6.42 Å². The van der Waals surface area contributed by atoms with Gasteiger partial charge in [-0.25, -0.2) is 0 Å². The molecule has 1 rings (SSSR count). The van der Waals surface area contributed by atoms with Crippen LogP contribution in [0.2, 0.25) is 0 Å². The van der Waals surface area contributed by atoms with Gasteiger partial charge in [0.1, 0.15) is 0 Å². The van der Waals surface area contributed by atoms with Crippen molar-refractivity contribution < 1.29 is 4.79 Å². The highest BCUT2D eigenvalue weighted by atomic mass is 16.1. The summed E-state index contributed by atoms with van der Waals surface area (Å²) in [6.07, 6.45) is 1.69. The normalized spacial score (nSPS) is 10.0. The summed E-state index contributed by atoms with van der Waals surface area (Å²) >= 11 is 0. The Labute approximate surface area is 90.7 Å². The van der Waals surface area contributed by atoms with Gasteiger partial charge in [-0.2, -0.15) is 0 Å². The third kappa shape index (κ3) is 3.36. The van der Waals surface area contributed by atoms with Crippen LogP contribution in [0.1, 0.15) is 29.3 Å². The standard InChI is InChI=1S/C12H18N2O/c1-2-10-6-3-4-7-11(10)12(15)14-9-5-8-13/h3-4,6-7H,2,5,8-9,13H2,1H3,(H,14,15). The Kier molecular flexibility index (Phi) is 4.84. The lowest BCUT2D eigenvalue weighted by atomic mass is 10.0. The third-order valence-corrected chi connectivity index (χ3v) is 2.31. The number of rotatable bonds is 5. The zero-order valence-electron chi connectivity index (χ0n) is 9.12. The molecule has 0 aliphatic heterocycles. The molecule has 0 aliphatic carbocycles. The average molecular weight is 206 g/mol. The molecule has 82 valence electrons. The van der Waals surface area contributed by atoms with Crippen molar-refractivity contribution >= 4 is 5.91 Å². The second-order valence-electron chi connectivity index (χ2n) is 3.41. The van der Waals surface area contributed by atoms with E-state index in [0.29, 0.717) is 13.1 Å². The van der Waals surface area contributed by atoms with Gasteiger partial charge < -0.3 is 11.1 Å². The minimum absolute atomic E-state index is 0.000833. The highest BCUT2D eigenvalue weighted by Crippen LogP contribution is 2.08. The second kappa shape index (κ2) is 6.19. The molecule has 0 bridgehead atoms. The monoisotopic (exact) mass is 206 g/mol. The van der Waals surface area contributed by atoms with Crippen LogP contribution in [-0.4, -0.2) is 19.0 Å². The SMILES string of the molecule is CCc1ccccc1C(=O)NCCCN. The number of nitrogens with one attached hydrogen (secondary N) is 1. The van der Waals surface area contributed by atoms with Gasteiger partial charge in [0.25, 0.3) is 5.91 Å². The van der Waals surface area contributed by atoms with Crippen LogP contribution in [0.3, 0.4) is 0 Å². The quantitative estimate of drug-likeness (QED) is 0.714. The predicted octanol–water partition coefficient (Wildman–Crippen LogP) is 1.33. The Hall–Kier alpha value is -1.35. The van der Waals surface area contributed by atoms with Crippen LogP contribution < -0.4 is 11.1 Å². The Morgan fingerprint density at radius 2 is 2.13 bits per heavy atom. The predicted molar refractivity (Wildman–Crippen MR) is 61.8 cm³/mol. The fourth-order valence-corrected chi connectivity index (χ4v) is 1.45. The van der Waals surface area contributed by atoms with Gasteiger partial charge in [-0.3, -0.25) is 4.79 Å². The molecule has 0 saturated carbocycles. The van der Waals surface area contributed by atoms with E-state index in [1.165, 1.54) is 0 Å². The Balaban J connectivity index is 2.64. The van der Waals surface area contributed by atoms with Crippen molar-refractivity contribution in [1.29, 1.82) is 0 Å². The van der Waals surface area contributed by atoms with Crippen molar-refractivity contribution in [3.63, 3.8) is 0 Å². The Bertz CT molecular complexity index is 323. The molecule has 0 aliphatic rings. The highest BCUT2D eigenvalue weighted by molar-refractivity contribution is 5.95. The first-order chi connectivity index (χ1) is 7.29. The maximum atomic E-state index is 11.7. The Morgan fingerprint density at radius 3 is 2.80 bits per heavy atom. The van der Waals surface area contributed by atoms with E-state index in [0.717, 1.165) is 24.0 Å². The summed E-state index contributed by atoms with van der Waals surface area (Å²) in [4.78, 5) is 11.7. The topological polar surface area (TPSA) is 55.1 Å². The number of carbonyl (C=O) groups is 1. The minimum atomic E-state index is 0.000833. The van der Waals surface area contributed by atoms with E-state index in [1.807, 2.05) is 31.2 Å². The summed E-state index contributed by atoms with van der Waals surface area (Å²) in [5.74, 6) is 0.000833. The van der Waals surface area contributed by atoms with Crippen LogP contribution in [0, 0.1) is 0 Å². The number of nitrogens with two attached hydrogens (primary N) is 1. The van der Waals surface area contributed by atoms with Crippen molar-refractivity contribution in [2.75, 3.05) is 13.1 Å². The molecule has 1 aromatic rings. The van der Waals surface area contributed by atoms with Gasteiger partial charge in [0.05, 0.1) is 0 Å². The largest absolute Gasteiger partial charge is 0.352 e. The molecule has 0 aromatic heterocycles. The van der Waals surface area contributed by atoms with Gasteiger partial charge >= 0.3 is 0 Å². The van der Waals surface area contributed by atoms with Gasteiger partial charge in [0.2, 0.25) is 0 Å². The second-order valence-corrected chi connectivity index (χ2v) is 3.41. The summed E-state index contributed by atoms with van der Waals surface area (Å²) in [7, 11) is 0.